The van der Waals surface area contributed by atoms with E-state index in [2.05, 4.69) is 4.98 Å². The molecule has 2 atom stereocenters. The first kappa shape index (κ1) is 33.3. The summed E-state index contributed by atoms with van der Waals surface area (Å²) in [6, 6.07) is 10.4. The van der Waals surface area contributed by atoms with Crippen molar-refractivity contribution in [2.75, 3.05) is 37.8 Å². The van der Waals surface area contributed by atoms with Gasteiger partial charge in [-0.05, 0) is 62.9 Å². The predicted octanol–water partition coefficient (Wildman–Crippen LogP) is 6.37. The third-order valence-electron chi connectivity index (χ3n) is 6.90. The molecule has 1 aromatic heterocycles. The Morgan fingerprint density at radius 3 is 2.41 bits per heavy atom. The number of carbonyl (C=O) groups excluding carboxylic acids is 1. The van der Waals surface area contributed by atoms with Gasteiger partial charge in [0.1, 0.15) is 34.7 Å². The van der Waals surface area contributed by atoms with Gasteiger partial charge in [-0.2, -0.15) is 0 Å². The number of benzene rings is 2. The molecule has 1 saturated heterocycles. The standard InChI is InChI=1S/C30H33ClF3N3O6S/c1-30(2,3)43-29(38)36-12-11-23(19-5-7-21(31)8-6-19)20(16-36)17-42-26-13-25(34)27(14-24(26)33)44(39,40)37(18-41-4)28-10-9-22(32)15-35-28/h5-10,13-15,20,23H,11-12,16-18H2,1-4H3/t20-,23-/m0/s1. The summed E-state index contributed by atoms with van der Waals surface area (Å²) in [5, 5.41) is 0.555. The van der Waals surface area contributed by atoms with Crippen molar-refractivity contribution >= 4 is 33.5 Å². The van der Waals surface area contributed by atoms with Crippen molar-refractivity contribution in [3.8, 4) is 5.75 Å². The minimum atomic E-state index is -4.73. The van der Waals surface area contributed by atoms with E-state index in [1.807, 2.05) is 12.1 Å². The third kappa shape index (κ3) is 7.93. The summed E-state index contributed by atoms with van der Waals surface area (Å²) in [5.41, 5.74) is 0.234. The molecule has 2 heterocycles. The van der Waals surface area contributed by atoms with E-state index >= 15 is 8.78 Å². The van der Waals surface area contributed by atoms with Crippen molar-refractivity contribution in [1.82, 2.24) is 9.88 Å². The van der Waals surface area contributed by atoms with Crippen LogP contribution in [0.25, 0.3) is 0 Å². The Balaban J connectivity index is 1.58. The lowest BCUT2D eigenvalue weighted by Gasteiger charge is -2.39. The highest BCUT2D eigenvalue weighted by Gasteiger charge is 2.36. The molecule has 4 rings (SSSR count). The Hall–Kier alpha value is -3.55. The van der Waals surface area contributed by atoms with Crippen molar-refractivity contribution in [3.63, 3.8) is 0 Å². The highest BCUT2D eigenvalue weighted by Crippen LogP contribution is 2.36. The molecule has 0 unspecified atom stereocenters. The summed E-state index contributed by atoms with van der Waals surface area (Å²) in [7, 11) is -3.53. The average Bonchev–Trinajstić information content (AvgIpc) is 2.96. The van der Waals surface area contributed by atoms with Gasteiger partial charge in [-0.1, -0.05) is 23.7 Å². The molecule has 2 aromatic carbocycles. The molecule has 1 aliphatic heterocycles. The first-order chi connectivity index (χ1) is 20.7. The number of carbonyl (C=O) groups is 1. The second-order valence-corrected chi connectivity index (χ2v) is 13.5. The Kier molecular flexibility index (Phi) is 10.3. The summed E-state index contributed by atoms with van der Waals surface area (Å²) in [6.45, 7) is 5.20. The molecule has 44 heavy (non-hydrogen) atoms. The number of pyridine rings is 1. The fraction of sp³-hybridized carbons (Fsp3) is 0.400. The predicted molar refractivity (Wildman–Crippen MR) is 158 cm³/mol. The monoisotopic (exact) mass is 655 g/mol. The van der Waals surface area contributed by atoms with E-state index in [-0.39, 0.29) is 30.8 Å². The van der Waals surface area contributed by atoms with Gasteiger partial charge in [-0.3, -0.25) is 0 Å². The maximum absolute atomic E-state index is 15.3. The summed E-state index contributed by atoms with van der Waals surface area (Å²) in [4.78, 5) is 17.1. The summed E-state index contributed by atoms with van der Waals surface area (Å²) in [5.74, 6) is -4.35. The van der Waals surface area contributed by atoms with Crippen molar-refractivity contribution in [1.29, 1.82) is 0 Å². The Morgan fingerprint density at radius 1 is 1.09 bits per heavy atom. The van der Waals surface area contributed by atoms with Gasteiger partial charge in [0.15, 0.2) is 11.6 Å². The van der Waals surface area contributed by atoms with E-state index < -0.39 is 56.5 Å². The van der Waals surface area contributed by atoms with Crippen LogP contribution in [0.3, 0.4) is 0 Å². The lowest BCUT2D eigenvalue weighted by atomic mass is 9.81. The second kappa shape index (κ2) is 13.6. The summed E-state index contributed by atoms with van der Waals surface area (Å²) >= 11 is 6.07. The molecule has 1 fully saturated rings. The normalized spacial score (nSPS) is 17.3. The van der Waals surface area contributed by atoms with Gasteiger partial charge >= 0.3 is 6.09 Å². The van der Waals surface area contributed by atoms with Crippen LogP contribution in [0, 0.1) is 23.4 Å². The highest BCUT2D eigenvalue weighted by atomic mass is 35.5. The highest BCUT2D eigenvalue weighted by molar-refractivity contribution is 7.92. The molecule has 0 aliphatic carbocycles. The van der Waals surface area contributed by atoms with E-state index in [0.29, 0.717) is 34.4 Å². The van der Waals surface area contributed by atoms with Crippen molar-refractivity contribution < 1.29 is 40.6 Å². The maximum Gasteiger partial charge on any atom is 0.410 e. The van der Waals surface area contributed by atoms with Crippen LogP contribution in [0.2, 0.25) is 5.02 Å². The van der Waals surface area contributed by atoms with Gasteiger partial charge in [-0.15, -0.1) is 0 Å². The molecule has 3 aromatic rings. The first-order valence-corrected chi connectivity index (χ1v) is 15.5. The topological polar surface area (TPSA) is 98.3 Å². The van der Waals surface area contributed by atoms with Gasteiger partial charge in [0.05, 0.1) is 12.8 Å². The molecule has 1 amide bonds. The zero-order valence-corrected chi connectivity index (χ0v) is 26.2. The van der Waals surface area contributed by atoms with Crippen molar-refractivity contribution in [2.24, 2.45) is 5.92 Å². The average molecular weight is 656 g/mol. The number of amides is 1. The SMILES string of the molecule is COCN(c1ccc(F)cn1)S(=O)(=O)c1cc(F)c(OC[C@@H]2CN(C(=O)OC(C)(C)C)CC[C@H]2c2ccc(Cl)cc2)cc1F. The van der Waals surface area contributed by atoms with E-state index in [0.717, 1.165) is 23.9 Å². The molecule has 0 spiro atoms. The molecule has 9 nitrogen and oxygen atoms in total. The fourth-order valence-electron chi connectivity index (χ4n) is 4.87. The maximum atomic E-state index is 15.3. The Labute approximate surface area is 259 Å². The molecule has 0 N–H and O–H groups in total. The lowest BCUT2D eigenvalue weighted by Crippen LogP contribution is -2.46. The quantitative estimate of drug-likeness (QED) is 0.247. The van der Waals surface area contributed by atoms with Crippen LogP contribution in [0.1, 0.15) is 38.7 Å². The smallest absolute Gasteiger partial charge is 0.410 e. The zero-order chi connectivity index (χ0) is 32.2. The van der Waals surface area contributed by atoms with Gasteiger partial charge in [-0.25, -0.2) is 35.7 Å². The molecular weight excluding hydrogens is 623 g/mol. The molecule has 1 aliphatic rings. The Bertz CT molecular complexity index is 1570. The van der Waals surface area contributed by atoms with Crippen LogP contribution >= 0.6 is 11.6 Å². The number of likely N-dealkylation sites (tertiary alicyclic amines) is 1. The summed E-state index contributed by atoms with van der Waals surface area (Å²) < 4.78 is 87.4. The number of anilines is 1. The number of methoxy groups -OCH3 is 1. The molecule has 238 valence electrons. The van der Waals surface area contributed by atoms with E-state index in [9.17, 15) is 17.6 Å². The lowest BCUT2D eigenvalue weighted by molar-refractivity contribution is 0.0110. The van der Waals surface area contributed by atoms with Gasteiger partial charge in [0.25, 0.3) is 10.0 Å². The number of nitrogens with zero attached hydrogens (tertiary/aromatic N) is 3. The largest absolute Gasteiger partial charge is 0.490 e. The number of rotatable bonds is 9. The number of halogens is 4. The minimum absolute atomic E-state index is 0.107. The van der Waals surface area contributed by atoms with Crippen molar-refractivity contribution in [2.45, 2.75) is 43.6 Å². The van der Waals surface area contributed by atoms with Gasteiger partial charge in [0.2, 0.25) is 0 Å². The number of hydrogen-bond donors (Lipinski definition) is 0. The molecule has 0 radical (unpaired) electrons. The van der Waals surface area contributed by atoms with Gasteiger partial charge in [0, 0.05) is 43.3 Å². The van der Waals surface area contributed by atoms with E-state index in [4.69, 9.17) is 25.8 Å². The van der Waals surface area contributed by atoms with Crippen LogP contribution < -0.4 is 9.04 Å². The number of piperidine rings is 1. The van der Waals surface area contributed by atoms with Crippen LogP contribution in [-0.4, -0.2) is 63.5 Å². The van der Waals surface area contributed by atoms with Gasteiger partial charge < -0.3 is 19.1 Å². The van der Waals surface area contributed by atoms with Crippen LogP contribution in [0.5, 0.6) is 5.75 Å². The van der Waals surface area contributed by atoms with Crippen molar-refractivity contribution in [3.05, 3.63) is 82.8 Å². The molecule has 0 bridgehead atoms. The number of ether oxygens (including phenoxy) is 3. The summed E-state index contributed by atoms with van der Waals surface area (Å²) in [6.07, 6.45) is 0.837. The molecule has 14 heteroatoms. The molecule has 0 saturated carbocycles. The fourth-order valence-corrected chi connectivity index (χ4v) is 6.39. The first-order valence-electron chi connectivity index (χ1n) is 13.7. The van der Waals surface area contributed by atoms with E-state index in [1.165, 1.54) is 7.11 Å². The number of hydrogen-bond acceptors (Lipinski definition) is 7. The van der Waals surface area contributed by atoms with Crippen LogP contribution in [-0.2, 0) is 19.5 Å². The zero-order valence-electron chi connectivity index (χ0n) is 24.6. The van der Waals surface area contributed by atoms with Crippen LogP contribution in [0.4, 0.5) is 23.8 Å². The minimum Gasteiger partial charge on any atom is -0.490 e. The van der Waals surface area contributed by atoms with Crippen LogP contribution in [0.15, 0.2) is 59.6 Å². The number of sulfonamides is 1. The van der Waals surface area contributed by atoms with E-state index in [1.54, 1.807) is 37.8 Å². The third-order valence-corrected chi connectivity index (χ3v) is 8.90. The second-order valence-electron chi connectivity index (χ2n) is 11.3. The Morgan fingerprint density at radius 2 is 1.80 bits per heavy atom. The number of aromatic nitrogens is 1. The molecular formula is C30H33ClF3N3O6S.